The maximum absolute atomic E-state index is 12.7. The van der Waals surface area contributed by atoms with Gasteiger partial charge in [0, 0.05) is 22.2 Å². The third-order valence-electron chi connectivity index (χ3n) is 4.25. The van der Waals surface area contributed by atoms with E-state index in [1.807, 2.05) is 30.3 Å². The number of benzene rings is 2. The van der Waals surface area contributed by atoms with Crippen LogP contribution in [-0.2, 0) is 0 Å². The Kier molecular flexibility index (Phi) is 5.16. The van der Waals surface area contributed by atoms with E-state index in [-0.39, 0.29) is 10.6 Å². The number of aromatic nitrogens is 2. The van der Waals surface area contributed by atoms with Crippen molar-refractivity contribution in [2.75, 3.05) is 5.32 Å². The van der Waals surface area contributed by atoms with E-state index in [1.54, 1.807) is 40.5 Å². The first-order chi connectivity index (χ1) is 14.0. The second kappa shape index (κ2) is 7.90. The first kappa shape index (κ1) is 18.9. The molecule has 2 aromatic heterocycles. The molecule has 0 saturated heterocycles. The average molecular weight is 424 g/mol. The molecule has 0 fully saturated rings. The van der Waals surface area contributed by atoms with Crippen molar-refractivity contribution in [2.45, 2.75) is 0 Å². The second-order valence-corrected chi connectivity index (χ2v) is 7.44. The number of rotatable bonds is 5. The van der Waals surface area contributed by atoms with E-state index < -0.39 is 11.9 Å². The maximum atomic E-state index is 12.7. The average Bonchev–Trinajstić information content (AvgIpc) is 3.37. The summed E-state index contributed by atoms with van der Waals surface area (Å²) in [4.78, 5) is 24.5. The Labute approximate surface area is 175 Å². The van der Waals surface area contributed by atoms with Crippen molar-refractivity contribution in [2.24, 2.45) is 0 Å². The quantitative estimate of drug-likeness (QED) is 0.461. The Morgan fingerprint density at radius 1 is 1.07 bits per heavy atom. The predicted molar refractivity (Wildman–Crippen MR) is 113 cm³/mol. The number of hydrogen-bond donors (Lipinski definition) is 2. The van der Waals surface area contributed by atoms with Gasteiger partial charge in [0.05, 0.1) is 17.4 Å². The van der Waals surface area contributed by atoms with Crippen LogP contribution in [0.25, 0.3) is 16.8 Å². The summed E-state index contributed by atoms with van der Waals surface area (Å²) < 4.78 is 1.58. The molecule has 6 nitrogen and oxygen atoms in total. The highest BCUT2D eigenvalue weighted by Gasteiger charge is 2.22. The molecule has 0 unspecified atom stereocenters. The van der Waals surface area contributed by atoms with Crippen LogP contribution in [0.2, 0.25) is 5.02 Å². The fraction of sp³-hybridized carbons (Fsp3) is 0. The summed E-state index contributed by atoms with van der Waals surface area (Å²) in [6.07, 6.45) is 3.04. The normalized spacial score (nSPS) is 10.7. The lowest BCUT2D eigenvalue weighted by molar-refractivity contribution is 0.0699. The van der Waals surface area contributed by atoms with Crippen molar-refractivity contribution < 1.29 is 14.7 Å². The smallest absolute Gasteiger partial charge is 0.339 e. The van der Waals surface area contributed by atoms with Gasteiger partial charge in [-0.15, -0.1) is 11.3 Å². The number of anilines is 1. The number of carboxylic acids is 1. The van der Waals surface area contributed by atoms with E-state index in [4.69, 9.17) is 11.6 Å². The first-order valence-electron chi connectivity index (χ1n) is 8.55. The van der Waals surface area contributed by atoms with Crippen molar-refractivity contribution in [1.29, 1.82) is 0 Å². The second-order valence-electron chi connectivity index (χ2n) is 6.13. The van der Waals surface area contributed by atoms with E-state index in [9.17, 15) is 14.7 Å². The lowest BCUT2D eigenvalue weighted by Crippen LogP contribution is -2.13. The number of carbonyl (C=O) groups is 2. The van der Waals surface area contributed by atoms with Crippen LogP contribution in [0.1, 0.15) is 20.7 Å². The third kappa shape index (κ3) is 3.91. The minimum atomic E-state index is -1.12. The van der Waals surface area contributed by atoms with Gasteiger partial charge in [-0.3, -0.25) is 4.79 Å². The summed E-state index contributed by atoms with van der Waals surface area (Å²) in [5.74, 6) is -1.55. The van der Waals surface area contributed by atoms with E-state index in [0.717, 1.165) is 17.0 Å². The number of nitrogens with one attached hydrogen (secondary N) is 1. The molecular weight excluding hydrogens is 410 g/mol. The van der Waals surface area contributed by atoms with Crippen molar-refractivity contribution in [3.63, 3.8) is 0 Å². The summed E-state index contributed by atoms with van der Waals surface area (Å²) in [7, 11) is 0. The van der Waals surface area contributed by atoms with Gasteiger partial charge < -0.3 is 10.4 Å². The fourth-order valence-electron chi connectivity index (χ4n) is 2.84. The molecule has 0 aliphatic heterocycles. The lowest BCUT2D eigenvalue weighted by atomic mass is 10.0. The number of carboxylic acid groups (broad SMARTS) is 1. The highest BCUT2D eigenvalue weighted by Crippen LogP contribution is 2.36. The predicted octanol–water partition coefficient (Wildman–Crippen LogP) is 5.20. The Morgan fingerprint density at radius 3 is 2.48 bits per heavy atom. The minimum Gasteiger partial charge on any atom is -0.478 e. The molecule has 0 radical (unpaired) electrons. The molecule has 0 aliphatic carbocycles. The molecule has 1 amide bonds. The molecule has 4 rings (SSSR count). The number of amides is 1. The first-order valence-corrected chi connectivity index (χ1v) is 9.81. The van der Waals surface area contributed by atoms with Gasteiger partial charge in [0.2, 0.25) is 0 Å². The molecule has 0 spiro atoms. The molecule has 2 N–H and O–H groups in total. The van der Waals surface area contributed by atoms with E-state index >= 15 is 0 Å². The van der Waals surface area contributed by atoms with Crippen LogP contribution in [-0.4, -0.2) is 26.8 Å². The number of para-hydroxylation sites is 1. The minimum absolute atomic E-state index is 0.0427. The van der Waals surface area contributed by atoms with Crippen LogP contribution in [0, 0.1) is 0 Å². The standard InChI is InChI=1S/C21H14ClN3O3S/c22-15-8-6-13(7-9-15)17-12-29-20(18(17)21(27)28)24-19(26)14-10-23-25(11-14)16-4-2-1-3-5-16/h1-12H,(H,24,26)(H,27,28). The van der Waals surface area contributed by atoms with Crippen molar-refractivity contribution in [3.05, 3.63) is 88.5 Å². The van der Waals surface area contributed by atoms with E-state index in [0.29, 0.717) is 21.7 Å². The highest BCUT2D eigenvalue weighted by molar-refractivity contribution is 7.15. The van der Waals surface area contributed by atoms with Crippen LogP contribution in [0.15, 0.2) is 72.4 Å². The van der Waals surface area contributed by atoms with Crippen molar-refractivity contribution in [1.82, 2.24) is 9.78 Å². The van der Waals surface area contributed by atoms with Crippen LogP contribution in [0.5, 0.6) is 0 Å². The molecule has 0 atom stereocenters. The van der Waals surface area contributed by atoms with Gasteiger partial charge in [-0.2, -0.15) is 5.10 Å². The molecule has 0 bridgehead atoms. The molecule has 8 heteroatoms. The summed E-state index contributed by atoms with van der Waals surface area (Å²) in [5, 5.41) is 19.1. The number of thiophene rings is 1. The zero-order valence-electron chi connectivity index (χ0n) is 14.9. The van der Waals surface area contributed by atoms with Crippen LogP contribution >= 0.6 is 22.9 Å². The van der Waals surface area contributed by atoms with Gasteiger partial charge in [-0.25, -0.2) is 9.48 Å². The van der Waals surface area contributed by atoms with Gasteiger partial charge in [-0.1, -0.05) is 41.9 Å². The molecule has 4 aromatic rings. The van der Waals surface area contributed by atoms with Gasteiger partial charge in [0.25, 0.3) is 5.91 Å². The number of aromatic carboxylic acids is 1. The Balaban J connectivity index is 1.61. The van der Waals surface area contributed by atoms with Crippen LogP contribution in [0.4, 0.5) is 5.00 Å². The third-order valence-corrected chi connectivity index (χ3v) is 5.40. The fourth-order valence-corrected chi connectivity index (χ4v) is 3.92. The van der Waals surface area contributed by atoms with Gasteiger partial charge in [-0.05, 0) is 29.8 Å². The molecule has 144 valence electrons. The van der Waals surface area contributed by atoms with Gasteiger partial charge in [0.15, 0.2) is 0 Å². The summed E-state index contributed by atoms with van der Waals surface area (Å²) in [5.41, 5.74) is 2.42. The zero-order chi connectivity index (χ0) is 20.4. The van der Waals surface area contributed by atoms with E-state index in [2.05, 4.69) is 10.4 Å². The van der Waals surface area contributed by atoms with Gasteiger partial charge in [0.1, 0.15) is 10.6 Å². The molecular formula is C21H14ClN3O3S. The molecule has 0 aliphatic rings. The molecule has 0 saturated carbocycles. The van der Waals surface area contributed by atoms with Gasteiger partial charge >= 0.3 is 5.97 Å². The van der Waals surface area contributed by atoms with Crippen molar-refractivity contribution in [3.8, 4) is 16.8 Å². The van der Waals surface area contributed by atoms with Crippen LogP contribution in [0.3, 0.4) is 0 Å². The maximum Gasteiger partial charge on any atom is 0.339 e. The highest BCUT2D eigenvalue weighted by atomic mass is 35.5. The Bertz CT molecular complexity index is 1180. The zero-order valence-corrected chi connectivity index (χ0v) is 16.4. The molecule has 29 heavy (non-hydrogen) atoms. The monoisotopic (exact) mass is 423 g/mol. The summed E-state index contributed by atoms with van der Waals surface area (Å²) in [6, 6.07) is 16.2. The van der Waals surface area contributed by atoms with Crippen LogP contribution < -0.4 is 5.32 Å². The topological polar surface area (TPSA) is 84.2 Å². The molecule has 2 aromatic carbocycles. The molecule has 2 heterocycles. The number of hydrogen-bond acceptors (Lipinski definition) is 4. The van der Waals surface area contributed by atoms with Crippen molar-refractivity contribution >= 4 is 39.8 Å². The SMILES string of the molecule is O=C(Nc1scc(-c2ccc(Cl)cc2)c1C(=O)O)c1cnn(-c2ccccc2)c1. The largest absolute Gasteiger partial charge is 0.478 e. The number of carbonyl (C=O) groups excluding carboxylic acids is 1. The summed E-state index contributed by atoms with van der Waals surface area (Å²) in [6.45, 7) is 0. The summed E-state index contributed by atoms with van der Waals surface area (Å²) >= 11 is 7.07. The number of halogens is 1. The Hall–Kier alpha value is -3.42. The van der Waals surface area contributed by atoms with E-state index in [1.165, 1.54) is 6.20 Å². The lowest BCUT2D eigenvalue weighted by Gasteiger charge is -2.05. The Morgan fingerprint density at radius 2 is 1.79 bits per heavy atom. The number of nitrogens with zero attached hydrogens (tertiary/aromatic N) is 2.